The lowest BCUT2D eigenvalue weighted by molar-refractivity contribution is -0.142. The molecule has 9 nitrogen and oxygen atoms in total. The first kappa shape index (κ1) is 29.2. The molecule has 0 aliphatic carbocycles. The number of hydrogen-bond acceptors (Lipinski definition) is 5. The van der Waals surface area contributed by atoms with Gasteiger partial charge < -0.3 is 30.3 Å². The van der Waals surface area contributed by atoms with Gasteiger partial charge in [0.2, 0.25) is 5.91 Å². The molecule has 3 atom stereocenters. The Bertz CT molecular complexity index is 941. The lowest BCUT2D eigenvalue weighted by Crippen LogP contribution is -2.51. The monoisotopic (exact) mass is 516 g/mol. The lowest BCUT2D eigenvalue weighted by Gasteiger charge is -2.38. The molecule has 1 aromatic rings. The second-order valence-electron chi connectivity index (χ2n) is 9.48. The molecule has 0 fully saturated rings. The SMILES string of the molecule is CC(C)NC(=O)N(C)C[C@@H]1Oc2ccc(NC(=O)CCC(F)(F)F)cc2C(=O)N([C@H](C)CO)C[C@@H]1C. The number of rotatable bonds is 8. The molecule has 1 aliphatic rings. The topological polar surface area (TPSA) is 111 Å². The molecule has 3 N–H and O–H groups in total. The number of aliphatic hydroxyl groups excluding tert-OH is 1. The van der Waals surface area contributed by atoms with Crippen molar-refractivity contribution >= 4 is 23.5 Å². The summed E-state index contributed by atoms with van der Waals surface area (Å²) in [7, 11) is 1.63. The van der Waals surface area contributed by atoms with E-state index in [9.17, 15) is 32.7 Å². The minimum Gasteiger partial charge on any atom is -0.487 e. The number of amides is 4. The van der Waals surface area contributed by atoms with Gasteiger partial charge in [0.05, 0.1) is 31.2 Å². The van der Waals surface area contributed by atoms with Gasteiger partial charge in [-0.3, -0.25) is 9.59 Å². The highest BCUT2D eigenvalue weighted by Crippen LogP contribution is 2.31. The summed E-state index contributed by atoms with van der Waals surface area (Å²) in [6.07, 6.45) is -6.98. The zero-order valence-electron chi connectivity index (χ0n) is 21.2. The van der Waals surface area contributed by atoms with Gasteiger partial charge in [-0.25, -0.2) is 4.79 Å². The summed E-state index contributed by atoms with van der Waals surface area (Å²) in [5, 5.41) is 14.9. The van der Waals surface area contributed by atoms with Gasteiger partial charge in [-0.2, -0.15) is 13.2 Å². The van der Waals surface area contributed by atoms with Crippen molar-refractivity contribution in [1.29, 1.82) is 0 Å². The Hall–Kier alpha value is -3.02. The minimum absolute atomic E-state index is 0.0559. The van der Waals surface area contributed by atoms with Crippen LogP contribution in [-0.4, -0.2) is 83.9 Å². The Kier molecular flexibility index (Phi) is 9.97. The maximum absolute atomic E-state index is 13.4. The van der Waals surface area contributed by atoms with Crippen molar-refractivity contribution in [2.24, 2.45) is 5.92 Å². The molecular weight excluding hydrogens is 481 g/mol. The van der Waals surface area contributed by atoms with Gasteiger partial charge in [0.15, 0.2) is 0 Å². The number of benzene rings is 1. The van der Waals surface area contributed by atoms with Crippen LogP contribution in [0.5, 0.6) is 5.75 Å². The van der Waals surface area contributed by atoms with Crippen LogP contribution in [0.2, 0.25) is 0 Å². The molecule has 0 saturated heterocycles. The second kappa shape index (κ2) is 12.3. The molecule has 0 unspecified atom stereocenters. The number of carbonyl (C=O) groups excluding carboxylic acids is 3. The van der Waals surface area contributed by atoms with Crippen LogP contribution in [0, 0.1) is 5.92 Å². The number of hydrogen-bond donors (Lipinski definition) is 3. The van der Waals surface area contributed by atoms with Gasteiger partial charge in [-0.05, 0) is 39.0 Å². The van der Waals surface area contributed by atoms with E-state index in [-0.39, 0.29) is 54.7 Å². The fourth-order valence-electron chi connectivity index (χ4n) is 3.71. The van der Waals surface area contributed by atoms with Crippen LogP contribution in [0.3, 0.4) is 0 Å². The number of alkyl halides is 3. The lowest BCUT2D eigenvalue weighted by atomic mass is 9.99. The normalized spacial score (nSPS) is 19.1. The number of anilines is 1. The number of aliphatic hydroxyl groups is 1. The first-order valence-corrected chi connectivity index (χ1v) is 11.8. The maximum atomic E-state index is 13.4. The van der Waals surface area contributed by atoms with Crippen molar-refractivity contribution in [1.82, 2.24) is 15.1 Å². The average Bonchev–Trinajstić information content (AvgIpc) is 2.78. The first-order valence-electron chi connectivity index (χ1n) is 11.8. The number of nitrogens with one attached hydrogen (secondary N) is 2. The number of fused-ring (bicyclic) bond motifs is 1. The van der Waals surface area contributed by atoms with E-state index in [1.165, 1.54) is 28.0 Å². The van der Waals surface area contributed by atoms with E-state index >= 15 is 0 Å². The molecule has 0 bridgehead atoms. The Morgan fingerprint density at radius 2 is 1.94 bits per heavy atom. The fourth-order valence-corrected chi connectivity index (χ4v) is 3.71. The van der Waals surface area contributed by atoms with Crippen molar-refractivity contribution < 1.29 is 37.4 Å². The molecule has 202 valence electrons. The third kappa shape index (κ3) is 8.28. The fraction of sp³-hybridized carbons (Fsp3) is 0.625. The quantitative estimate of drug-likeness (QED) is 0.491. The first-order chi connectivity index (χ1) is 16.7. The molecular formula is C24H35F3N4O5. The average molecular weight is 517 g/mol. The zero-order chi connectivity index (χ0) is 27.2. The molecule has 1 aliphatic heterocycles. The summed E-state index contributed by atoms with van der Waals surface area (Å²) >= 11 is 0. The Labute approximate surface area is 209 Å². The van der Waals surface area contributed by atoms with E-state index in [0.717, 1.165) is 0 Å². The number of carbonyl (C=O) groups is 3. The van der Waals surface area contributed by atoms with E-state index in [1.54, 1.807) is 14.0 Å². The van der Waals surface area contributed by atoms with Crippen LogP contribution in [0.15, 0.2) is 18.2 Å². The van der Waals surface area contributed by atoms with Crippen LogP contribution >= 0.6 is 0 Å². The molecule has 36 heavy (non-hydrogen) atoms. The summed E-state index contributed by atoms with van der Waals surface area (Å²) in [4.78, 5) is 40.8. The van der Waals surface area contributed by atoms with Crippen molar-refractivity contribution in [3.8, 4) is 5.75 Å². The number of ether oxygens (including phenoxy) is 1. The summed E-state index contributed by atoms with van der Waals surface area (Å²) in [5.41, 5.74) is 0.239. The molecule has 1 aromatic carbocycles. The van der Waals surface area contributed by atoms with Gasteiger partial charge >= 0.3 is 12.2 Å². The molecule has 0 radical (unpaired) electrons. The molecule has 4 amide bonds. The largest absolute Gasteiger partial charge is 0.487 e. The minimum atomic E-state index is -4.46. The van der Waals surface area contributed by atoms with Crippen LogP contribution in [-0.2, 0) is 4.79 Å². The Morgan fingerprint density at radius 3 is 2.53 bits per heavy atom. The highest BCUT2D eigenvalue weighted by Gasteiger charge is 2.34. The smallest absolute Gasteiger partial charge is 0.389 e. The van der Waals surface area contributed by atoms with Gasteiger partial charge in [0.1, 0.15) is 11.9 Å². The van der Waals surface area contributed by atoms with Crippen LogP contribution in [0.25, 0.3) is 0 Å². The molecule has 1 heterocycles. The maximum Gasteiger partial charge on any atom is 0.389 e. The second-order valence-corrected chi connectivity index (χ2v) is 9.48. The number of nitrogens with zero attached hydrogens (tertiary/aromatic N) is 2. The van der Waals surface area contributed by atoms with Gasteiger partial charge in [-0.15, -0.1) is 0 Å². The standard InChI is InChI=1S/C24H35F3N4O5/c1-14(2)28-23(35)30(5)12-20-15(3)11-31(16(4)13-32)22(34)18-10-17(6-7-19(18)36-20)29-21(33)8-9-24(25,26)27/h6-7,10,14-16,20,32H,8-9,11-13H2,1-5H3,(H,28,35)(H,29,33)/t15-,16+,20-/m0/s1. The van der Waals surface area contributed by atoms with E-state index in [0.29, 0.717) is 0 Å². The van der Waals surface area contributed by atoms with Gasteiger partial charge in [-0.1, -0.05) is 6.92 Å². The van der Waals surface area contributed by atoms with E-state index in [4.69, 9.17) is 4.74 Å². The van der Waals surface area contributed by atoms with E-state index < -0.39 is 43.0 Å². The Morgan fingerprint density at radius 1 is 1.28 bits per heavy atom. The number of urea groups is 1. The summed E-state index contributed by atoms with van der Waals surface area (Å²) in [5.74, 6) is -1.30. The van der Waals surface area contributed by atoms with Crippen molar-refractivity contribution in [2.45, 2.75) is 64.9 Å². The van der Waals surface area contributed by atoms with Crippen LogP contribution in [0.1, 0.15) is 50.9 Å². The van der Waals surface area contributed by atoms with Crippen molar-refractivity contribution in [3.63, 3.8) is 0 Å². The summed E-state index contributed by atoms with van der Waals surface area (Å²) in [6.45, 7) is 7.41. The molecule has 0 aromatic heterocycles. The number of halogens is 3. The molecule has 2 rings (SSSR count). The predicted octanol–water partition coefficient (Wildman–Crippen LogP) is 3.24. The summed E-state index contributed by atoms with van der Waals surface area (Å²) < 4.78 is 43.5. The van der Waals surface area contributed by atoms with Crippen LogP contribution in [0.4, 0.5) is 23.7 Å². The van der Waals surface area contributed by atoms with Crippen LogP contribution < -0.4 is 15.4 Å². The Balaban J connectivity index is 2.34. The number of likely N-dealkylation sites (N-methyl/N-ethyl adjacent to an activating group) is 1. The third-order valence-electron chi connectivity index (χ3n) is 5.80. The highest BCUT2D eigenvalue weighted by molar-refractivity contribution is 5.99. The van der Waals surface area contributed by atoms with Gasteiger partial charge in [0, 0.05) is 37.7 Å². The summed E-state index contributed by atoms with van der Waals surface area (Å²) in [6, 6.07) is 3.39. The third-order valence-corrected chi connectivity index (χ3v) is 5.80. The zero-order valence-corrected chi connectivity index (χ0v) is 21.2. The molecule has 0 saturated carbocycles. The highest BCUT2D eigenvalue weighted by atomic mass is 19.4. The van der Waals surface area contributed by atoms with Gasteiger partial charge in [0.25, 0.3) is 5.91 Å². The van der Waals surface area contributed by atoms with Crippen molar-refractivity contribution in [3.05, 3.63) is 23.8 Å². The van der Waals surface area contributed by atoms with E-state index in [2.05, 4.69) is 10.6 Å². The predicted molar refractivity (Wildman–Crippen MR) is 128 cm³/mol. The molecule has 0 spiro atoms. The molecule has 12 heteroatoms. The van der Waals surface area contributed by atoms with E-state index in [1.807, 2.05) is 20.8 Å². The van der Waals surface area contributed by atoms with Crippen molar-refractivity contribution in [2.75, 3.05) is 32.1 Å².